The summed E-state index contributed by atoms with van der Waals surface area (Å²) in [6.45, 7) is 5.59. The lowest BCUT2D eigenvalue weighted by molar-refractivity contribution is -0.138. The van der Waals surface area contributed by atoms with Crippen LogP contribution in [0.15, 0.2) is 18.2 Å². The largest absolute Gasteiger partial charge is 0.417 e. The number of alkyl halides is 3. The van der Waals surface area contributed by atoms with E-state index in [4.69, 9.17) is 5.73 Å². The standard InChI is InChI=1S/C13H18F3NOSi/c1-7(12(2,3)19)8-5-4-6-9(11(17)18)10(8)13(14,15)16/h4-7H,1-3,19H3,(H2,17,18). The summed E-state index contributed by atoms with van der Waals surface area (Å²) in [6.07, 6.45) is -4.58. The average molecular weight is 289 g/mol. The minimum absolute atomic E-state index is 0.142. The molecule has 19 heavy (non-hydrogen) atoms. The maximum absolute atomic E-state index is 13.2. The molecule has 1 aromatic carbocycles. The lowest BCUT2D eigenvalue weighted by Gasteiger charge is -2.30. The predicted octanol–water partition coefficient (Wildman–Crippen LogP) is 2.47. The molecule has 0 radical (unpaired) electrons. The van der Waals surface area contributed by atoms with Crippen molar-refractivity contribution in [3.8, 4) is 0 Å². The molecule has 0 aliphatic heterocycles. The molecule has 0 saturated carbocycles. The second-order valence-electron chi connectivity index (χ2n) is 5.72. The summed E-state index contributed by atoms with van der Waals surface area (Å²) in [5.41, 5.74) is 3.86. The van der Waals surface area contributed by atoms with Crippen LogP contribution in [0, 0.1) is 0 Å². The molecule has 0 spiro atoms. The van der Waals surface area contributed by atoms with E-state index in [1.807, 2.05) is 13.8 Å². The number of nitrogens with two attached hydrogens (primary N) is 1. The fraction of sp³-hybridized carbons (Fsp3) is 0.462. The molecule has 106 valence electrons. The van der Waals surface area contributed by atoms with Crippen LogP contribution in [0.1, 0.15) is 48.2 Å². The maximum Gasteiger partial charge on any atom is 0.417 e. The Labute approximate surface area is 113 Å². The third kappa shape index (κ3) is 3.37. The van der Waals surface area contributed by atoms with Gasteiger partial charge in [-0.25, -0.2) is 0 Å². The third-order valence-electron chi connectivity index (χ3n) is 3.41. The molecule has 0 saturated heterocycles. The van der Waals surface area contributed by atoms with Crippen molar-refractivity contribution >= 4 is 16.1 Å². The fourth-order valence-electron chi connectivity index (χ4n) is 1.92. The molecule has 2 nitrogen and oxygen atoms in total. The Morgan fingerprint density at radius 3 is 2.21 bits per heavy atom. The maximum atomic E-state index is 13.2. The summed E-state index contributed by atoms with van der Waals surface area (Å²) < 4.78 is 39.7. The second kappa shape index (κ2) is 5.00. The Hall–Kier alpha value is -1.30. The first-order valence-electron chi connectivity index (χ1n) is 5.96. The first-order valence-corrected chi connectivity index (χ1v) is 6.96. The minimum Gasteiger partial charge on any atom is -0.366 e. The zero-order valence-corrected chi connectivity index (χ0v) is 13.4. The van der Waals surface area contributed by atoms with Crippen molar-refractivity contribution in [3.63, 3.8) is 0 Å². The third-order valence-corrected chi connectivity index (χ3v) is 4.28. The Morgan fingerprint density at radius 2 is 1.84 bits per heavy atom. The zero-order valence-electron chi connectivity index (χ0n) is 11.4. The van der Waals surface area contributed by atoms with E-state index in [0.717, 1.165) is 16.3 Å². The van der Waals surface area contributed by atoms with Gasteiger partial charge in [-0.1, -0.05) is 32.9 Å². The smallest absolute Gasteiger partial charge is 0.366 e. The lowest BCUT2D eigenvalue weighted by atomic mass is 9.84. The van der Waals surface area contributed by atoms with E-state index in [-0.39, 0.29) is 16.5 Å². The molecule has 0 aromatic heterocycles. The van der Waals surface area contributed by atoms with Crippen molar-refractivity contribution < 1.29 is 18.0 Å². The number of carbonyl (C=O) groups excluding carboxylic acids is 1. The van der Waals surface area contributed by atoms with Gasteiger partial charge in [0.15, 0.2) is 0 Å². The van der Waals surface area contributed by atoms with E-state index >= 15 is 0 Å². The molecule has 1 rings (SSSR count). The van der Waals surface area contributed by atoms with Crippen LogP contribution < -0.4 is 5.73 Å². The van der Waals surface area contributed by atoms with Gasteiger partial charge in [0.25, 0.3) is 0 Å². The van der Waals surface area contributed by atoms with E-state index in [1.54, 1.807) is 6.92 Å². The van der Waals surface area contributed by atoms with E-state index < -0.39 is 23.2 Å². The zero-order chi connectivity index (χ0) is 15.0. The van der Waals surface area contributed by atoms with E-state index in [9.17, 15) is 18.0 Å². The van der Waals surface area contributed by atoms with E-state index in [0.29, 0.717) is 0 Å². The highest BCUT2D eigenvalue weighted by atomic mass is 28.1. The van der Waals surface area contributed by atoms with Crippen molar-refractivity contribution in [3.05, 3.63) is 34.9 Å². The minimum atomic E-state index is -4.58. The average Bonchev–Trinajstić information content (AvgIpc) is 2.24. The van der Waals surface area contributed by atoms with Crippen molar-refractivity contribution in [2.75, 3.05) is 0 Å². The quantitative estimate of drug-likeness (QED) is 0.854. The molecule has 1 atom stereocenters. The summed E-state index contributed by atoms with van der Waals surface area (Å²) in [5, 5.41) is -0.212. The lowest BCUT2D eigenvalue weighted by Crippen LogP contribution is -2.23. The molecular formula is C13H18F3NOSi. The number of hydrogen-bond donors (Lipinski definition) is 1. The van der Waals surface area contributed by atoms with Gasteiger partial charge in [0.2, 0.25) is 5.91 Å². The monoisotopic (exact) mass is 289 g/mol. The van der Waals surface area contributed by atoms with Crippen LogP contribution in [0.3, 0.4) is 0 Å². The van der Waals surface area contributed by atoms with Crippen LogP contribution in [0.2, 0.25) is 5.04 Å². The number of rotatable bonds is 3. The van der Waals surface area contributed by atoms with Crippen LogP contribution in [-0.2, 0) is 6.18 Å². The van der Waals surface area contributed by atoms with Crippen LogP contribution in [0.4, 0.5) is 13.2 Å². The first-order chi connectivity index (χ1) is 8.46. The highest BCUT2D eigenvalue weighted by Gasteiger charge is 2.39. The Balaban J connectivity index is 3.58. The molecule has 0 aliphatic carbocycles. The number of primary amides is 1. The fourth-order valence-corrected chi connectivity index (χ4v) is 2.23. The molecule has 1 unspecified atom stereocenters. The molecule has 1 amide bonds. The molecule has 6 heteroatoms. The van der Waals surface area contributed by atoms with Gasteiger partial charge in [-0.15, -0.1) is 0 Å². The van der Waals surface area contributed by atoms with Gasteiger partial charge in [0.1, 0.15) is 0 Å². The van der Waals surface area contributed by atoms with Gasteiger partial charge in [-0.2, -0.15) is 13.2 Å². The molecule has 0 fully saturated rings. The SMILES string of the molecule is CC(c1cccc(C(N)=O)c1C(F)(F)F)C(C)(C)[SiH3]. The van der Waals surface area contributed by atoms with Crippen LogP contribution >= 0.6 is 0 Å². The summed E-state index contributed by atoms with van der Waals surface area (Å²) in [6, 6.07) is 4.01. The van der Waals surface area contributed by atoms with Crippen molar-refractivity contribution in [2.45, 2.75) is 37.9 Å². The number of halogens is 3. The van der Waals surface area contributed by atoms with Gasteiger partial charge in [0.05, 0.1) is 11.1 Å². The number of carbonyl (C=O) groups is 1. The summed E-state index contributed by atoms with van der Waals surface area (Å²) in [7, 11) is 0.742. The molecule has 1 aromatic rings. The molecule has 0 heterocycles. The second-order valence-corrected chi connectivity index (χ2v) is 8.30. The summed E-state index contributed by atoms with van der Waals surface area (Å²) >= 11 is 0. The van der Waals surface area contributed by atoms with Crippen molar-refractivity contribution in [2.24, 2.45) is 5.73 Å². The molecule has 2 N–H and O–H groups in total. The van der Waals surface area contributed by atoms with Gasteiger partial charge >= 0.3 is 6.18 Å². The Bertz CT molecular complexity index is 492. The molecular weight excluding hydrogens is 271 g/mol. The van der Waals surface area contributed by atoms with Crippen molar-refractivity contribution in [1.82, 2.24) is 0 Å². The topological polar surface area (TPSA) is 43.1 Å². The molecule has 0 bridgehead atoms. The number of benzene rings is 1. The van der Waals surface area contributed by atoms with Crippen LogP contribution in [0.5, 0.6) is 0 Å². The summed E-state index contributed by atoms with van der Waals surface area (Å²) in [4.78, 5) is 11.2. The van der Waals surface area contributed by atoms with E-state index in [2.05, 4.69) is 0 Å². The van der Waals surface area contributed by atoms with Gasteiger partial charge in [-0.3, -0.25) is 4.79 Å². The highest BCUT2D eigenvalue weighted by molar-refractivity contribution is 6.15. The normalized spacial score (nSPS) is 14.4. The highest BCUT2D eigenvalue weighted by Crippen LogP contribution is 2.44. The van der Waals surface area contributed by atoms with Gasteiger partial charge in [-0.05, 0) is 22.6 Å². The van der Waals surface area contributed by atoms with Crippen LogP contribution in [-0.4, -0.2) is 16.1 Å². The predicted molar refractivity (Wildman–Crippen MR) is 72.4 cm³/mol. The van der Waals surface area contributed by atoms with Crippen molar-refractivity contribution in [1.29, 1.82) is 0 Å². The van der Waals surface area contributed by atoms with E-state index in [1.165, 1.54) is 12.1 Å². The Kier molecular flexibility index (Phi) is 4.14. The first kappa shape index (κ1) is 15.8. The Morgan fingerprint density at radius 1 is 1.32 bits per heavy atom. The summed E-state index contributed by atoms with van der Waals surface area (Å²) in [5.74, 6) is -1.34. The molecule has 0 aliphatic rings. The van der Waals surface area contributed by atoms with Gasteiger partial charge < -0.3 is 5.73 Å². The van der Waals surface area contributed by atoms with Crippen LogP contribution in [0.25, 0.3) is 0 Å². The van der Waals surface area contributed by atoms with Gasteiger partial charge in [0, 0.05) is 10.2 Å². The number of hydrogen-bond acceptors (Lipinski definition) is 1. The number of amides is 1.